The van der Waals surface area contributed by atoms with E-state index in [-0.39, 0.29) is 11.6 Å². The first-order chi connectivity index (χ1) is 12.7. The third-order valence-electron chi connectivity index (χ3n) is 6.56. The third kappa shape index (κ3) is 3.67. The van der Waals surface area contributed by atoms with Crippen LogP contribution in [0.2, 0.25) is 0 Å². The molecule has 1 aliphatic heterocycles. The Morgan fingerprint density at radius 3 is 3.04 bits per heavy atom. The largest absolute Gasteiger partial charge is 0.447 e. The number of carbonyl (C=O) groups is 1. The molecule has 26 heavy (non-hydrogen) atoms. The van der Waals surface area contributed by atoms with Crippen molar-refractivity contribution in [3.8, 4) is 0 Å². The first kappa shape index (κ1) is 17.6. The van der Waals surface area contributed by atoms with Gasteiger partial charge in [-0.25, -0.2) is 4.79 Å². The Morgan fingerprint density at radius 2 is 2.23 bits per heavy atom. The zero-order chi connectivity index (χ0) is 18.0. The number of hydrogen-bond donors (Lipinski definition) is 1. The molecule has 2 fully saturated rings. The second-order valence-corrected chi connectivity index (χ2v) is 8.52. The lowest BCUT2D eigenvalue weighted by molar-refractivity contribution is 0.172. The van der Waals surface area contributed by atoms with E-state index in [1.165, 1.54) is 49.7 Å². The van der Waals surface area contributed by atoms with Gasteiger partial charge in [-0.05, 0) is 73.5 Å². The van der Waals surface area contributed by atoms with Gasteiger partial charge in [-0.2, -0.15) is 0 Å². The number of benzene rings is 1. The minimum Gasteiger partial charge on any atom is -0.447 e. The molecule has 1 amide bonds. The molecule has 1 N–H and O–H groups in total. The Morgan fingerprint density at radius 1 is 1.31 bits per heavy atom. The van der Waals surface area contributed by atoms with Crippen LogP contribution >= 0.6 is 0 Å². The molecule has 2 aliphatic carbocycles. The maximum Gasteiger partial charge on any atom is 0.407 e. The second kappa shape index (κ2) is 7.46. The summed E-state index contributed by atoms with van der Waals surface area (Å²) in [7, 11) is 0. The van der Waals surface area contributed by atoms with Crippen molar-refractivity contribution in [3.05, 3.63) is 47.0 Å². The Bertz CT molecular complexity index is 695. The van der Waals surface area contributed by atoms with Crippen molar-refractivity contribution in [1.29, 1.82) is 0 Å². The number of aryl methyl sites for hydroxylation is 1. The van der Waals surface area contributed by atoms with Crippen LogP contribution < -0.4 is 5.32 Å². The molecular formula is C23H31NO2. The minimum absolute atomic E-state index is 0.105. The molecule has 1 heterocycles. The highest BCUT2D eigenvalue weighted by atomic mass is 16.6. The number of allylic oxidation sites excluding steroid dienone is 2. The maximum absolute atomic E-state index is 11.4. The van der Waals surface area contributed by atoms with Gasteiger partial charge in [0, 0.05) is 0 Å². The van der Waals surface area contributed by atoms with Crippen LogP contribution in [0, 0.1) is 5.92 Å². The molecule has 4 rings (SSSR count). The third-order valence-corrected chi connectivity index (χ3v) is 6.56. The highest BCUT2D eigenvalue weighted by Crippen LogP contribution is 2.43. The van der Waals surface area contributed by atoms with Crippen molar-refractivity contribution in [2.45, 2.75) is 76.2 Å². The van der Waals surface area contributed by atoms with E-state index in [1.54, 1.807) is 5.56 Å². The van der Waals surface area contributed by atoms with E-state index < -0.39 is 0 Å². The van der Waals surface area contributed by atoms with E-state index in [0.29, 0.717) is 18.4 Å². The molecule has 1 aromatic rings. The van der Waals surface area contributed by atoms with E-state index in [9.17, 15) is 4.79 Å². The van der Waals surface area contributed by atoms with Crippen LogP contribution in [0.15, 0.2) is 30.4 Å². The summed E-state index contributed by atoms with van der Waals surface area (Å²) in [5, 5.41) is 3.06. The van der Waals surface area contributed by atoms with Crippen molar-refractivity contribution in [2.24, 2.45) is 5.92 Å². The predicted molar refractivity (Wildman–Crippen MR) is 104 cm³/mol. The SMILES string of the molecule is CCCC/C=C/[C@@H]1CCc2cc(C3CCC4(COC(=O)N4)C3)ccc2C1. The highest BCUT2D eigenvalue weighted by Gasteiger charge is 2.46. The molecule has 3 heteroatoms. The standard InChI is InChI=1S/C23H31NO2/c1-2-3-4-5-6-17-7-8-19-14-20(10-9-18(19)13-17)21-11-12-23(15-21)16-26-22(25)24-23/h5-6,9-10,14,17,21H,2-4,7-8,11-13,15-16H2,1H3,(H,24,25)/b6-5+/t17-,21?,23?/m1/s1. The molecule has 1 aromatic carbocycles. The molecule has 1 saturated carbocycles. The van der Waals surface area contributed by atoms with Gasteiger partial charge < -0.3 is 10.1 Å². The van der Waals surface area contributed by atoms with Crippen molar-refractivity contribution in [3.63, 3.8) is 0 Å². The quantitative estimate of drug-likeness (QED) is 0.577. The lowest BCUT2D eigenvalue weighted by Gasteiger charge is -2.24. The van der Waals surface area contributed by atoms with Crippen LogP contribution in [0.1, 0.15) is 74.5 Å². The topological polar surface area (TPSA) is 38.3 Å². The Balaban J connectivity index is 1.40. The van der Waals surface area contributed by atoms with E-state index in [4.69, 9.17) is 4.74 Å². The van der Waals surface area contributed by atoms with Gasteiger partial charge in [0.15, 0.2) is 0 Å². The highest BCUT2D eigenvalue weighted by molar-refractivity contribution is 5.70. The summed E-state index contributed by atoms with van der Waals surface area (Å²) in [6.07, 6.45) is 15.3. The van der Waals surface area contributed by atoms with Gasteiger partial charge in [-0.1, -0.05) is 50.1 Å². The monoisotopic (exact) mass is 353 g/mol. The van der Waals surface area contributed by atoms with E-state index in [0.717, 1.165) is 19.3 Å². The number of hydrogen-bond acceptors (Lipinski definition) is 2. The van der Waals surface area contributed by atoms with Crippen molar-refractivity contribution >= 4 is 6.09 Å². The van der Waals surface area contributed by atoms with Crippen LogP contribution in [0.25, 0.3) is 0 Å². The number of amides is 1. The summed E-state index contributed by atoms with van der Waals surface area (Å²) in [5.41, 5.74) is 4.44. The molecule has 3 atom stereocenters. The van der Waals surface area contributed by atoms with Gasteiger partial charge in [0.1, 0.15) is 6.61 Å². The number of cyclic esters (lactones) is 1. The number of ether oxygens (including phenoxy) is 1. The summed E-state index contributed by atoms with van der Waals surface area (Å²) < 4.78 is 5.17. The predicted octanol–water partition coefficient (Wildman–Crippen LogP) is 5.28. The van der Waals surface area contributed by atoms with Crippen molar-refractivity contribution in [2.75, 3.05) is 6.61 Å². The second-order valence-electron chi connectivity index (χ2n) is 8.52. The van der Waals surface area contributed by atoms with Gasteiger partial charge in [0.25, 0.3) is 0 Å². The van der Waals surface area contributed by atoms with E-state index >= 15 is 0 Å². The van der Waals surface area contributed by atoms with Gasteiger partial charge in [0.2, 0.25) is 0 Å². The molecule has 0 radical (unpaired) electrons. The summed E-state index contributed by atoms with van der Waals surface area (Å²) in [6.45, 7) is 2.79. The van der Waals surface area contributed by atoms with Crippen LogP contribution in [-0.2, 0) is 17.6 Å². The molecule has 140 valence electrons. The van der Waals surface area contributed by atoms with Gasteiger partial charge in [-0.3, -0.25) is 0 Å². The Hall–Kier alpha value is -1.77. The lowest BCUT2D eigenvalue weighted by Crippen LogP contribution is -2.40. The van der Waals surface area contributed by atoms with Crippen LogP contribution in [-0.4, -0.2) is 18.2 Å². The molecular weight excluding hydrogens is 322 g/mol. The number of nitrogens with one attached hydrogen (secondary N) is 1. The van der Waals surface area contributed by atoms with Gasteiger partial charge in [-0.15, -0.1) is 0 Å². The van der Waals surface area contributed by atoms with Crippen LogP contribution in [0.5, 0.6) is 0 Å². The molecule has 1 saturated heterocycles. The normalized spacial score (nSPS) is 30.6. The molecule has 3 nitrogen and oxygen atoms in total. The number of rotatable bonds is 5. The average molecular weight is 354 g/mol. The maximum atomic E-state index is 11.4. The Labute approximate surface area is 157 Å². The number of unbranched alkanes of at least 4 members (excludes halogenated alkanes) is 2. The molecule has 1 spiro atoms. The van der Waals surface area contributed by atoms with Gasteiger partial charge >= 0.3 is 6.09 Å². The first-order valence-corrected chi connectivity index (χ1v) is 10.4. The van der Waals surface area contributed by atoms with Crippen LogP contribution in [0.4, 0.5) is 4.79 Å². The van der Waals surface area contributed by atoms with E-state index in [2.05, 4.69) is 42.6 Å². The number of fused-ring (bicyclic) bond motifs is 1. The summed E-state index contributed by atoms with van der Waals surface area (Å²) >= 11 is 0. The van der Waals surface area contributed by atoms with Crippen molar-refractivity contribution < 1.29 is 9.53 Å². The summed E-state index contributed by atoms with van der Waals surface area (Å²) in [6, 6.07) is 7.16. The van der Waals surface area contributed by atoms with E-state index in [1.807, 2.05) is 0 Å². The number of alkyl carbamates (subject to hydrolysis) is 1. The summed E-state index contributed by atoms with van der Waals surface area (Å²) in [4.78, 5) is 11.4. The molecule has 0 bridgehead atoms. The first-order valence-electron chi connectivity index (χ1n) is 10.4. The number of carbonyl (C=O) groups excluding carboxylic acids is 1. The van der Waals surface area contributed by atoms with Gasteiger partial charge in [0.05, 0.1) is 5.54 Å². The van der Waals surface area contributed by atoms with Crippen LogP contribution in [0.3, 0.4) is 0 Å². The average Bonchev–Trinajstić information content (AvgIpc) is 3.24. The fourth-order valence-electron chi connectivity index (χ4n) is 4.98. The van der Waals surface area contributed by atoms with Crippen molar-refractivity contribution in [1.82, 2.24) is 5.32 Å². The zero-order valence-corrected chi connectivity index (χ0v) is 15.9. The molecule has 2 unspecified atom stereocenters. The minimum atomic E-state index is -0.242. The summed E-state index contributed by atoms with van der Waals surface area (Å²) in [5.74, 6) is 1.26. The zero-order valence-electron chi connectivity index (χ0n) is 15.9. The fraction of sp³-hybridized carbons (Fsp3) is 0.609. The molecule has 3 aliphatic rings. The lowest BCUT2D eigenvalue weighted by atomic mass is 9.81. The smallest absolute Gasteiger partial charge is 0.407 e. The molecule has 0 aromatic heterocycles. The fourth-order valence-corrected chi connectivity index (χ4v) is 4.98. The Kier molecular flexibility index (Phi) is 5.06.